The van der Waals surface area contributed by atoms with Gasteiger partial charge >= 0.3 is 0 Å². The van der Waals surface area contributed by atoms with E-state index < -0.39 is 0 Å². The molecule has 2 aromatic heterocycles. The largest absolute Gasteiger partial charge is 0.300 e. The summed E-state index contributed by atoms with van der Waals surface area (Å²) in [6.45, 7) is 8.86. The van der Waals surface area contributed by atoms with Gasteiger partial charge in [0.25, 0.3) is 0 Å². The fourth-order valence-corrected chi connectivity index (χ4v) is 3.72. The minimum atomic E-state index is -0.0255. The lowest BCUT2D eigenvalue weighted by Crippen LogP contribution is -2.61. The standard InChI is InChI=1S/C15H20Cl2N6/c1-14(2)6-5-7-15(3,4)23(14)22-12-10-9(20-13(17)21-12)11(16)19-8-18-10/h8H,5-7H2,1-4H3,(H,20,21,22). The first-order valence-electron chi connectivity index (χ1n) is 7.61. The van der Waals surface area contributed by atoms with Crippen LogP contribution in [0.1, 0.15) is 47.0 Å². The first-order chi connectivity index (χ1) is 10.7. The summed E-state index contributed by atoms with van der Waals surface area (Å²) in [7, 11) is 0. The van der Waals surface area contributed by atoms with Crippen LogP contribution >= 0.6 is 23.2 Å². The van der Waals surface area contributed by atoms with Crippen LogP contribution in [0.15, 0.2) is 6.33 Å². The van der Waals surface area contributed by atoms with E-state index in [0.29, 0.717) is 16.9 Å². The van der Waals surface area contributed by atoms with Gasteiger partial charge in [-0.25, -0.2) is 20.0 Å². The second-order valence-electron chi connectivity index (χ2n) is 7.13. The second kappa shape index (κ2) is 5.69. The van der Waals surface area contributed by atoms with E-state index in [4.69, 9.17) is 23.2 Å². The fraction of sp³-hybridized carbons (Fsp3) is 0.600. The number of nitrogens with one attached hydrogen (secondary N) is 1. The van der Waals surface area contributed by atoms with Crippen LogP contribution in [0.4, 0.5) is 5.82 Å². The maximum absolute atomic E-state index is 6.11. The lowest BCUT2D eigenvalue weighted by atomic mass is 9.81. The van der Waals surface area contributed by atoms with Gasteiger partial charge in [-0.05, 0) is 58.6 Å². The van der Waals surface area contributed by atoms with Crippen molar-refractivity contribution >= 4 is 40.1 Å². The molecule has 0 atom stereocenters. The summed E-state index contributed by atoms with van der Waals surface area (Å²) in [5, 5.41) is 2.61. The van der Waals surface area contributed by atoms with Gasteiger partial charge < -0.3 is 5.43 Å². The van der Waals surface area contributed by atoms with Gasteiger partial charge in [-0.15, -0.1) is 0 Å². The summed E-state index contributed by atoms with van der Waals surface area (Å²) in [5.74, 6) is 0.548. The number of rotatable bonds is 2. The molecule has 0 aromatic carbocycles. The van der Waals surface area contributed by atoms with Gasteiger partial charge in [-0.2, -0.15) is 4.98 Å². The lowest BCUT2D eigenvalue weighted by Gasteiger charge is -2.52. The highest BCUT2D eigenvalue weighted by molar-refractivity contribution is 6.34. The number of hydrogen-bond donors (Lipinski definition) is 1. The molecule has 2 aromatic rings. The van der Waals surface area contributed by atoms with Crippen molar-refractivity contribution in [1.29, 1.82) is 0 Å². The minimum Gasteiger partial charge on any atom is -0.300 e. The topological polar surface area (TPSA) is 66.8 Å². The van der Waals surface area contributed by atoms with Crippen LogP contribution < -0.4 is 5.43 Å². The normalized spacial score (nSPS) is 20.6. The summed E-state index contributed by atoms with van der Waals surface area (Å²) < 4.78 is 0. The van der Waals surface area contributed by atoms with Crippen molar-refractivity contribution in [1.82, 2.24) is 24.9 Å². The first kappa shape index (κ1) is 16.6. The number of nitrogens with zero attached hydrogens (tertiary/aromatic N) is 5. The van der Waals surface area contributed by atoms with Crippen molar-refractivity contribution in [2.75, 3.05) is 5.43 Å². The molecule has 6 nitrogen and oxygen atoms in total. The Kier molecular flexibility index (Phi) is 4.11. The predicted molar refractivity (Wildman–Crippen MR) is 92.6 cm³/mol. The maximum Gasteiger partial charge on any atom is 0.225 e. The summed E-state index contributed by atoms with van der Waals surface area (Å²) in [6, 6.07) is 0. The van der Waals surface area contributed by atoms with E-state index in [-0.39, 0.29) is 21.5 Å². The molecule has 1 N–H and O–H groups in total. The number of halogens is 2. The summed E-state index contributed by atoms with van der Waals surface area (Å²) in [6.07, 6.45) is 4.78. The highest BCUT2D eigenvalue weighted by Crippen LogP contribution is 2.38. The Morgan fingerprint density at radius 1 is 1.00 bits per heavy atom. The SMILES string of the molecule is CC1(C)CCCC(C)(C)N1Nc1nc(Cl)nc2c(Cl)ncnc12. The van der Waals surface area contributed by atoms with Crippen molar-refractivity contribution < 1.29 is 0 Å². The summed E-state index contributed by atoms with van der Waals surface area (Å²) >= 11 is 12.2. The Labute approximate surface area is 145 Å². The van der Waals surface area contributed by atoms with Gasteiger partial charge in [0.1, 0.15) is 17.4 Å². The van der Waals surface area contributed by atoms with Crippen molar-refractivity contribution in [3.05, 3.63) is 16.8 Å². The van der Waals surface area contributed by atoms with E-state index in [2.05, 4.69) is 58.1 Å². The summed E-state index contributed by atoms with van der Waals surface area (Å²) in [4.78, 5) is 16.7. The lowest BCUT2D eigenvalue weighted by molar-refractivity contribution is -0.00342. The minimum absolute atomic E-state index is 0.0255. The van der Waals surface area contributed by atoms with Gasteiger partial charge in [0.2, 0.25) is 5.28 Å². The fourth-order valence-electron chi connectivity index (χ4n) is 3.38. The molecule has 124 valence electrons. The molecular weight excluding hydrogens is 335 g/mol. The van der Waals surface area contributed by atoms with Crippen LogP contribution in [0, 0.1) is 0 Å². The van der Waals surface area contributed by atoms with Crippen LogP contribution in [0.2, 0.25) is 10.4 Å². The molecule has 0 unspecified atom stereocenters. The quantitative estimate of drug-likeness (QED) is 0.646. The third kappa shape index (κ3) is 3.07. The maximum atomic E-state index is 6.11. The van der Waals surface area contributed by atoms with Gasteiger partial charge in [0.05, 0.1) is 0 Å². The highest BCUT2D eigenvalue weighted by Gasteiger charge is 2.42. The number of hydrazine groups is 1. The molecule has 0 amide bonds. The van der Waals surface area contributed by atoms with Gasteiger partial charge in [-0.3, -0.25) is 0 Å². The van der Waals surface area contributed by atoms with E-state index in [9.17, 15) is 0 Å². The zero-order valence-electron chi connectivity index (χ0n) is 13.7. The molecule has 0 spiro atoms. The Hall–Kier alpha value is -1.24. The Morgan fingerprint density at radius 2 is 1.65 bits per heavy atom. The van der Waals surface area contributed by atoms with Crippen molar-refractivity contribution in [3.63, 3.8) is 0 Å². The zero-order chi connectivity index (χ0) is 16.8. The Balaban J connectivity index is 2.09. The van der Waals surface area contributed by atoms with Crippen LogP contribution in [0.25, 0.3) is 11.0 Å². The molecule has 3 rings (SSSR count). The monoisotopic (exact) mass is 354 g/mol. The Bertz CT molecular complexity index is 730. The molecule has 1 aliphatic heterocycles. The van der Waals surface area contributed by atoms with E-state index in [1.165, 1.54) is 12.7 Å². The molecular formula is C15H20Cl2N6. The first-order valence-corrected chi connectivity index (χ1v) is 8.37. The highest BCUT2D eigenvalue weighted by atomic mass is 35.5. The van der Waals surface area contributed by atoms with Crippen molar-refractivity contribution in [2.45, 2.75) is 58.0 Å². The van der Waals surface area contributed by atoms with E-state index in [1.807, 2.05) is 0 Å². The van der Waals surface area contributed by atoms with Crippen molar-refractivity contribution in [3.8, 4) is 0 Å². The molecule has 1 saturated heterocycles. The zero-order valence-corrected chi connectivity index (χ0v) is 15.2. The molecule has 0 radical (unpaired) electrons. The van der Waals surface area contributed by atoms with E-state index in [1.54, 1.807) is 0 Å². The molecule has 0 saturated carbocycles. The average Bonchev–Trinajstić information content (AvgIpc) is 2.43. The number of piperidine rings is 1. The molecule has 0 aliphatic carbocycles. The molecule has 1 fully saturated rings. The second-order valence-corrected chi connectivity index (χ2v) is 7.82. The van der Waals surface area contributed by atoms with Crippen LogP contribution in [-0.4, -0.2) is 36.0 Å². The van der Waals surface area contributed by atoms with E-state index in [0.717, 1.165) is 12.8 Å². The third-order valence-corrected chi connectivity index (χ3v) is 4.86. The molecule has 8 heteroatoms. The van der Waals surface area contributed by atoms with Gasteiger partial charge in [0, 0.05) is 11.1 Å². The molecule has 3 heterocycles. The number of hydrogen-bond acceptors (Lipinski definition) is 6. The molecule has 1 aliphatic rings. The molecule has 23 heavy (non-hydrogen) atoms. The predicted octanol–water partition coefficient (Wildman–Crippen LogP) is 4.10. The van der Waals surface area contributed by atoms with Gasteiger partial charge in [-0.1, -0.05) is 11.6 Å². The van der Waals surface area contributed by atoms with E-state index >= 15 is 0 Å². The van der Waals surface area contributed by atoms with Crippen LogP contribution in [-0.2, 0) is 0 Å². The van der Waals surface area contributed by atoms with Crippen molar-refractivity contribution in [2.24, 2.45) is 0 Å². The van der Waals surface area contributed by atoms with Crippen LogP contribution in [0.3, 0.4) is 0 Å². The molecule has 0 bridgehead atoms. The Morgan fingerprint density at radius 3 is 2.30 bits per heavy atom. The number of aromatic nitrogens is 4. The third-order valence-electron chi connectivity index (χ3n) is 4.42. The van der Waals surface area contributed by atoms with Gasteiger partial charge in [0.15, 0.2) is 11.0 Å². The summed E-state index contributed by atoms with van der Waals surface area (Å²) in [5.41, 5.74) is 4.38. The number of anilines is 1. The number of fused-ring (bicyclic) bond motifs is 1. The smallest absolute Gasteiger partial charge is 0.225 e. The average molecular weight is 355 g/mol. The van der Waals surface area contributed by atoms with Crippen LogP contribution in [0.5, 0.6) is 0 Å².